The predicted octanol–water partition coefficient (Wildman–Crippen LogP) is 4.24. The number of hydrogen-bond donors (Lipinski definition) is 0. The maximum absolute atomic E-state index is 12.7. The molecule has 6 heteroatoms. The Morgan fingerprint density at radius 3 is 2.83 bits per heavy atom. The van der Waals surface area contributed by atoms with E-state index in [2.05, 4.69) is 10.1 Å². The molecular formula is C18H20ClN3O2. The van der Waals surface area contributed by atoms with E-state index in [0.717, 1.165) is 50.6 Å². The molecule has 2 heterocycles. The number of piperidine rings is 1. The first kappa shape index (κ1) is 15.6. The summed E-state index contributed by atoms with van der Waals surface area (Å²) in [6, 6.07) is 7.30. The first-order valence-corrected chi connectivity index (χ1v) is 9.00. The number of amides is 1. The maximum atomic E-state index is 12.7. The van der Waals surface area contributed by atoms with E-state index >= 15 is 0 Å². The Hall–Kier alpha value is -1.88. The normalized spacial score (nSPS) is 21.5. The van der Waals surface area contributed by atoms with Crippen LogP contribution in [0.1, 0.15) is 50.5 Å². The van der Waals surface area contributed by atoms with Gasteiger partial charge in [0, 0.05) is 23.0 Å². The van der Waals surface area contributed by atoms with E-state index in [-0.39, 0.29) is 17.9 Å². The summed E-state index contributed by atoms with van der Waals surface area (Å²) in [5.74, 6) is 1.51. The fourth-order valence-corrected chi connectivity index (χ4v) is 3.65. The molecule has 24 heavy (non-hydrogen) atoms. The van der Waals surface area contributed by atoms with Gasteiger partial charge in [-0.25, -0.2) is 0 Å². The average Bonchev–Trinajstić information content (AvgIpc) is 3.03. The molecule has 0 radical (unpaired) electrons. The number of likely N-dealkylation sites (tertiary alicyclic amines) is 1. The maximum Gasteiger partial charge on any atom is 0.249 e. The summed E-state index contributed by atoms with van der Waals surface area (Å²) in [4.78, 5) is 19.2. The monoisotopic (exact) mass is 345 g/mol. The lowest BCUT2D eigenvalue weighted by atomic mass is 9.83. The highest BCUT2D eigenvalue weighted by Gasteiger charge is 2.37. The third kappa shape index (κ3) is 2.93. The highest BCUT2D eigenvalue weighted by Crippen LogP contribution is 2.36. The van der Waals surface area contributed by atoms with Crippen molar-refractivity contribution in [3.63, 3.8) is 0 Å². The SMILES string of the molecule is O=C(C1CCC1)N1CCCC[C@@H]1c1nc(-c2cccc(Cl)c2)no1. The third-order valence-corrected chi connectivity index (χ3v) is 5.29. The van der Waals surface area contributed by atoms with Gasteiger partial charge < -0.3 is 9.42 Å². The molecule has 2 aliphatic rings. The summed E-state index contributed by atoms with van der Waals surface area (Å²) < 4.78 is 5.51. The van der Waals surface area contributed by atoms with Gasteiger partial charge in [0.05, 0.1) is 0 Å². The lowest BCUT2D eigenvalue weighted by Gasteiger charge is -2.38. The van der Waals surface area contributed by atoms with Crippen LogP contribution in [0.4, 0.5) is 0 Å². The zero-order valence-electron chi connectivity index (χ0n) is 13.4. The molecular weight excluding hydrogens is 326 g/mol. The molecule has 2 fully saturated rings. The van der Waals surface area contributed by atoms with Gasteiger partial charge in [-0.05, 0) is 44.2 Å². The Morgan fingerprint density at radius 2 is 2.08 bits per heavy atom. The second kappa shape index (κ2) is 6.55. The summed E-state index contributed by atoms with van der Waals surface area (Å²) in [6.45, 7) is 0.787. The van der Waals surface area contributed by atoms with Gasteiger partial charge in [-0.1, -0.05) is 35.3 Å². The van der Waals surface area contributed by atoms with Crippen LogP contribution in [0.5, 0.6) is 0 Å². The molecule has 1 saturated carbocycles. The zero-order valence-corrected chi connectivity index (χ0v) is 14.2. The van der Waals surface area contributed by atoms with E-state index in [4.69, 9.17) is 16.1 Å². The first-order chi connectivity index (χ1) is 11.7. The van der Waals surface area contributed by atoms with E-state index in [0.29, 0.717) is 16.7 Å². The fraction of sp³-hybridized carbons (Fsp3) is 0.500. The number of hydrogen-bond acceptors (Lipinski definition) is 4. The van der Waals surface area contributed by atoms with Crippen molar-refractivity contribution in [2.24, 2.45) is 5.92 Å². The molecule has 0 unspecified atom stereocenters. The molecule has 5 nitrogen and oxygen atoms in total. The number of carbonyl (C=O) groups is 1. The molecule has 126 valence electrons. The molecule has 4 rings (SSSR count). The summed E-state index contributed by atoms with van der Waals surface area (Å²) in [5, 5.41) is 4.73. The second-order valence-electron chi connectivity index (χ2n) is 6.64. The first-order valence-electron chi connectivity index (χ1n) is 8.62. The molecule has 0 spiro atoms. The Kier molecular flexibility index (Phi) is 4.27. The molecule has 1 atom stereocenters. The van der Waals surface area contributed by atoms with Gasteiger partial charge in [-0.2, -0.15) is 4.98 Å². The van der Waals surface area contributed by atoms with Crippen LogP contribution >= 0.6 is 11.6 Å². The van der Waals surface area contributed by atoms with Crippen molar-refractivity contribution in [1.82, 2.24) is 15.0 Å². The smallest absolute Gasteiger partial charge is 0.249 e. The fourth-order valence-electron chi connectivity index (χ4n) is 3.46. The average molecular weight is 346 g/mol. The Morgan fingerprint density at radius 1 is 1.21 bits per heavy atom. The standard InChI is InChI=1S/C18H20ClN3O2/c19-14-8-4-7-13(11-14)16-20-17(24-21-16)15-9-1-2-10-22(15)18(23)12-5-3-6-12/h4,7-8,11-12,15H,1-3,5-6,9-10H2/t15-/m1/s1. The molecule has 1 aromatic heterocycles. The van der Waals surface area contributed by atoms with Crippen molar-refractivity contribution in [3.8, 4) is 11.4 Å². The van der Waals surface area contributed by atoms with Crippen LogP contribution in [0.25, 0.3) is 11.4 Å². The third-order valence-electron chi connectivity index (χ3n) is 5.05. The van der Waals surface area contributed by atoms with Gasteiger partial charge >= 0.3 is 0 Å². The van der Waals surface area contributed by atoms with Crippen molar-refractivity contribution in [2.75, 3.05) is 6.54 Å². The largest absolute Gasteiger partial charge is 0.337 e. The minimum Gasteiger partial charge on any atom is -0.337 e. The second-order valence-corrected chi connectivity index (χ2v) is 7.07. The number of carbonyl (C=O) groups excluding carboxylic acids is 1. The van der Waals surface area contributed by atoms with Crippen LogP contribution in [-0.4, -0.2) is 27.5 Å². The van der Waals surface area contributed by atoms with Gasteiger partial charge in [0.25, 0.3) is 0 Å². The van der Waals surface area contributed by atoms with Gasteiger partial charge in [0.15, 0.2) is 0 Å². The number of rotatable bonds is 3. The molecule has 1 amide bonds. The van der Waals surface area contributed by atoms with Crippen LogP contribution in [0.3, 0.4) is 0 Å². The summed E-state index contributed by atoms with van der Waals surface area (Å²) in [5.41, 5.74) is 0.824. The van der Waals surface area contributed by atoms with Gasteiger partial charge in [-0.15, -0.1) is 0 Å². The van der Waals surface area contributed by atoms with Crippen LogP contribution in [0.15, 0.2) is 28.8 Å². The molecule has 1 aliphatic heterocycles. The highest BCUT2D eigenvalue weighted by atomic mass is 35.5. The lowest BCUT2D eigenvalue weighted by molar-refractivity contribution is -0.142. The predicted molar refractivity (Wildman–Crippen MR) is 90.4 cm³/mol. The van der Waals surface area contributed by atoms with Crippen molar-refractivity contribution < 1.29 is 9.32 Å². The number of halogens is 1. The van der Waals surface area contributed by atoms with Crippen LogP contribution < -0.4 is 0 Å². The minimum atomic E-state index is -0.0905. The Bertz CT molecular complexity index is 741. The Labute approximate surface area is 146 Å². The number of nitrogens with zero attached hydrogens (tertiary/aromatic N) is 3. The van der Waals surface area contributed by atoms with Crippen molar-refractivity contribution in [2.45, 2.75) is 44.6 Å². The van der Waals surface area contributed by atoms with Gasteiger partial charge in [-0.3, -0.25) is 4.79 Å². The molecule has 0 N–H and O–H groups in total. The van der Waals surface area contributed by atoms with Crippen molar-refractivity contribution in [3.05, 3.63) is 35.2 Å². The molecule has 1 saturated heterocycles. The van der Waals surface area contributed by atoms with Crippen LogP contribution in [0.2, 0.25) is 5.02 Å². The van der Waals surface area contributed by atoms with Crippen molar-refractivity contribution in [1.29, 1.82) is 0 Å². The highest BCUT2D eigenvalue weighted by molar-refractivity contribution is 6.30. The molecule has 1 aromatic carbocycles. The quantitative estimate of drug-likeness (QED) is 0.834. The minimum absolute atomic E-state index is 0.0905. The van der Waals surface area contributed by atoms with E-state index in [9.17, 15) is 4.79 Å². The van der Waals surface area contributed by atoms with Crippen LogP contribution in [-0.2, 0) is 4.79 Å². The van der Waals surface area contributed by atoms with Gasteiger partial charge in [0.2, 0.25) is 17.6 Å². The van der Waals surface area contributed by atoms with E-state index in [1.165, 1.54) is 0 Å². The Balaban J connectivity index is 1.58. The van der Waals surface area contributed by atoms with Crippen molar-refractivity contribution >= 4 is 17.5 Å². The van der Waals surface area contributed by atoms with Gasteiger partial charge in [0.1, 0.15) is 6.04 Å². The topological polar surface area (TPSA) is 59.2 Å². The summed E-state index contributed by atoms with van der Waals surface area (Å²) in [6.07, 6.45) is 6.20. The summed E-state index contributed by atoms with van der Waals surface area (Å²) >= 11 is 6.03. The van der Waals surface area contributed by atoms with E-state index < -0.39 is 0 Å². The number of benzene rings is 1. The lowest BCUT2D eigenvalue weighted by Crippen LogP contribution is -2.43. The number of aromatic nitrogens is 2. The van der Waals surface area contributed by atoms with E-state index in [1.807, 2.05) is 29.2 Å². The van der Waals surface area contributed by atoms with E-state index in [1.54, 1.807) is 0 Å². The molecule has 2 aromatic rings. The molecule has 1 aliphatic carbocycles. The molecule has 0 bridgehead atoms. The van der Waals surface area contributed by atoms with Crippen LogP contribution in [0, 0.1) is 5.92 Å². The summed E-state index contributed by atoms with van der Waals surface area (Å²) in [7, 11) is 0. The zero-order chi connectivity index (χ0) is 16.5.